The summed E-state index contributed by atoms with van der Waals surface area (Å²) < 4.78 is 0. The standard InChI is InChI=1S/C30H20/c1-2-3-4-5-6-7-8-9-22-23-14-12-20-16-18-10-11-19-17-21-13-15-24(22)30-28(21)26(19)25(18)27(20)29(23)30/h2-15H,1,16-17H2. The quantitative estimate of drug-likeness (QED) is 0.218. The van der Waals surface area contributed by atoms with Crippen LogP contribution in [0.4, 0.5) is 0 Å². The van der Waals surface area contributed by atoms with Crippen molar-refractivity contribution in [3.05, 3.63) is 125 Å². The summed E-state index contributed by atoms with van der Waals surface area (Å²) in [6.07, 6.45) is 18.5. The van der Waals surface area contributed by atoms with E-state index in [4.69, 9.17) is 0 Å². The Bertz CT molecular complexity index is 1480. The zero-order chi connectivity index (χ0) is 19.8. The Hall–Kier alpha value is -3.64. The fourth-order valence-electron chi connectivity index (χ4n) is 5.90. The van der Waals surface area contributed by atoms with E-state index in [2.05, 4.69) is 67.3 Å². The molecule has 0 spiro atoms. The van der Waals surface area contributed by atoms with Crippen LogP contribution in [0.1, 0.15) is 33.4 Å². The first-order chi connectivity index (χ1) is 14.9. The summed E-state index contributed by atoms with van der Waals surface area (Å²) in [5, 5.41) is 9.11. The molecule has 3 aliphatic carbocycles. The van der Waals surface area contributed by atoms with Gasteiger partial charge in [0.05, 0.1) is 0 Å². The molecule has 30 heavy (non-hydrogen) atoms. The SMILES string of the molecule is C=CC=CC=CC=CC=C1c2ccc3c4c5c(ccc6c5c5c(ccc1c5c24)C6)C3. The lowest BCUT2D eigenvalue weighted by Crippen LogP contribution is -1.84. The predicted octanol–water partition coefficient (Wildman–Crippen LogP) is 7.55. The molecule has 140 valence electrons. The highest BCUT2D eigenvalue weighted by Crippen LogP contribution is 2.55. The second-order valence-corrected chi connectivity index (χ2v) is 8.50. The fraction of sp³-hybridized carbons (Fsp3) is 0.0667. The van der Waals surface area contributed by atoms with Crippen molar-refractivity contribution in [3.8, 4) is 0 Å². The second-order valence-electron chi connectivity index (χ2n) is 8.50. The summed E-state index contributed by atoms with van der Waals surface area (Å²) in [4.78, 5) is 0. The lowest BCUT2D eigenvalue weighted by molar-refractivity contribution is 1.24. The highest BCUT2D eigenvalue weighted by molar-refractivity contribution is 6.37. The maximum Gasteiger partial charge on any atom is -0.00108 e. The van der Waals surface area contributed by atoms with Crippen molar-refractivity contribution < 1.29 is 0 Å². The third-order valence-electron chi connectivity index (χ3n) is 7.01. The molecule has 0 amide bonds. The molecule has 0 saturated carbocycles. The highest BCUT2D eigenvalue weighted by Gasteiger charge is 2.32. The fourth-order valence-corrected chi connectivity index (χ4v) is 5.90. The molecule has 0 unspecified atom stereocenters. The summed E-state index contributed by atoms with van der Waals surface area (Å²) in [7, 11) is 0. The van der Waals surface area contributed by atoms with Crippen molar-refractivity contribution in [3.63, 3.8) is 0 Å². The lowest BCUT2D eigenvalue weighted by atomic mass is 9.95. The molecule has 4 aromatic rings. The van der Waals surface area contributed by atoms with E-state index in [1.165, 1.54) is 71.3 Å². The van der Waals surface area contributed by atoms with Crippen molar-refractivity contribution in [1.29, 1.82) is 0 Å². The van der Waals surface area contributed by atoms with Gasteiger partial charge in [0.1, 0.15) is 0 Å². The normalized spacial score (nSPS) is 15.4. The maximum atomic E-state index is 3.70. The van der Waals surface area contributed by atoms with Crippen LogP contribution >= 0.6 is 0 Å². The van der Waals surface area contributed by atoms with Crippen LogP contribution in [-0.4, -0.2) is 0 Å². The number of rotatable bonds is 4. The molecule has 0 aromatic heterocycles. The van der Waals surface area contributed by atoms with Gasteiger partial charge in [0, 0.05) is 0 Å². The van der Waals surface area contributed by atoms with E-state index in [1.807, 2.05) is 18.2 Å². The van der Waals surface area contributed by atoms with Gasteiger partial charge in [0.15, 0.2) is 0 Å². The first kappa shape index (κ1) is 16.2. The number of benzene rings is 4. The maximum absolute atomic E-state index is 3.70. The van der Waals surface area contributed by atoms with E-state index < -0.39 is 0 Å². The molecule has 4 aromatic carbocycles. The van der Waals surface area contributed by atoms with Gasteiger partial charge in [0.25, 0.3) is 0 Å². The van der Waals surface area contributed by atoms with Crippen LogP contribution in [0.25, 0.3) is 37.9 Å². The number of hydrogen-bond acceptors (Lipinski definition) is 0. The van der Waals surface area contributed by atoms with E-state index in [0.29, 0.717) is 0 Å². The third kappa shape index (κ3) is 1.87. The van der Waals surface area contributed by atoms with Crippen LogP contribution in [-0.2, 0) is 12.8 Å². The molecule has 0 N–H and O–H groups in total. The third-order valence-corrected chi connectivity index (χ3v) is 7.01. The van der Waals surface area contributed by atoms with Gasteiger partial charge in [-0.15, -0.1) is 0 Å². The first-order valence-corrected chi connectivity index (χ1v) is 10.7. The van der Waals surface area contributed by atoms with Crippen molar-refractivity contribution in [1.82, 2.24) is 0 Å². The van der Waals surface area contributed by atoms with Crippen molar-refractivity contribution in [2.75, 3.05) is 0 Å². The van der Waals surface area contributed by atoms with Crippen molar-refractivity contribution >= 4 is 37.9 Å². The van der Waals surface area contributed by atoms with Crippen molar-refractivity contribution in [2.45, 2.75) is 12.8 Å². The molecule has 0 radical (unpaired) electrons. The Balaban J connectivity index is 1.53. The smallest absolute Gasteiger partial charge is 0.00108 e. The van der Waals surface area contributed by atoms with E-state index in [0.717, 1.165) is 12.8 Å². The van der Waals surface area contributed by atoms with E-state index in [9.17, 15) is 0 Å². The Morgan fingerprint density at radius 2 is 0.933 bits per heavy atom. The van der Waals surface area contributed by atoms with E-state index in [-0.39, 0.29) is 0 Å². The molecule has 0 saturated heterocycles. The van der Waals surface area contributed by atoms with Crippen LogP contribution in [0.2, 0.25) is 0 Å². The molecule has 0 nitrogen and oxygen atoms in total. The zero-order valence-corrected chi connectivity index (χ0v) is 16.7. The van der Waals surface area contributed by atoms with Gasteiger partial charge < -0.3 is 0 Å². The van der Waals surface area contributed by atoms with Gasteiger partial charge >= 0.3 is 0 Å². The zero-order valence-electron chi connectivity index (χ0n) is 16.7. The largest absolute Gasteiger partial charge is 0.0991 e. The Morgan fingerprint density at radius 3 is 1.47 bits per heavy atom. The first-order valence-electron chi connectivity index (χ1n) is 10.7. The summed E-state index contributed by atoms with van der Waals surface area (Å²) in [5.74, 6) is 0. The predicted molar refractivity (Wildman–Crippen MR) is 129 cm³/mol. The number of allylic oxidation sites excluding steroid dienone is 8. The minimum absolute atomic E-state index is 1.08. The molecule has 0 heterocycles. The van der Waals surface area contributed by atoms with Gasteiger partial charge in [-0.1, -0.05) is 91.6 Å². The Labute approximate surface area is 175 Å². The minimum Gasteiger partial charge on any atom is -0.0991 e. The molecule has 7 rings (SSSR count). The van der Waals surface area contributed by atoms with Gasteiger partial charge in [-0.05, 0) is 84.1 Å². The summed E-state index contributed by atoms with van der Waals surface area (Å²) >= 11 is 0. The van der Waals surface area contributed by atoms with Crippen LogP contribution in [0, 0.1) is 0 Å². The molecule has 0 atom stereocenters. The van der Waals surface area contributed by atoms with Crippen LogP contribution in [0.15, 0.2) is 91.6 Å². The van der Waals surface area contributed by atoms with Crippen LogP contribution < -0.4 is 0 Å². The molecular weight excluding hydrogens is 360 g/mol. The molecule has 0 fully saturated rings. The molecule has 0 aliphatic heterocycles. The monoisotopic (exact) mass is 380 g/mol. The Morgan fingerprint density at radius 1 is 0.500 bits per heavy atom. The minimum atomic E-state index is 1.08. The van der Waals surface area contributed by atoms with Crippen molar-refractivity contribution in [2.24, 2.45) is 0 Å². The number of hydrogen-bond donors (Lipinski definition) is 0. The average molecular weight is 380 g/mol. The average Bonchev–Trinajstić information content (AvgIpc) is 3.41. The van der Waals surface area contributed by atoms with Gasteiger partial charge in [-0.25, -0.2) is 0 Å². The van der Waals surface area contributed by atoms with Crippen LogP contribution in [0.3, 0.4) is 0 Å². The van der Waals surface area contributed by atoms with E-state index in [1.54, 1.807) is 6.08 Å². The van der Waals surface area contributed by atoms with Gasteiger partial charge in [-0.3, -0.25) is 0 Å². The summed E-state index contributed by atoms with van der Waals surface area (Å²) in [5.41, 5.74) is 10.2. The highest BCUT2D eigenvalue weighted by atomic mass is 14.3. The molecule has 0 bridgehead atoms. The molecule has 3 aliphatic rings. The topological polar surface area (TPSA) is 0 Å². The molecule has 0 heteroatoms. The summed E-state index contributed by atoms with van der Waals surface area (Å²) in [6, 6.07) is 14.2. The molecular formula is C30H20. The van der Waals surface area contributed by atoms with Gasteiger partial charge in [-0.2, -0.15) is 0 Å². The van der Waals surface area contributed by atoms with Crippen LogP contribution in [0.5, 0.6) is 0 Å². The Kier molecular flexibility index (Phi) is 3.08. The second kappa shape index (κ2) is 5.70. The lowest BCUT2D eigenvalue weighted by Gasteiger charge is -2.08. The summed E-state index contributed by atoms with van der Waals surface area (Å²) in [6.45, 7) is 3.70. The van der Waals surface area contributed by atoms with E-state index >= 15 is 0 Å². The van der Waals surface area contributed by atoms with Gasteiger partial charge in [0.2, 0.25) is 0 Å².